The maximum Gasteiger partial charge on any atom is 0.220 e. The third-order valence-electron chi connectivity index (χ3n) is 8.32. The van der Waals surface area contributed by atoms with Crippen LogP contribution in [-0.2, 0) is 23.4 Å². The predicted molar refractivity (Wildman–Crippen MR) is 139 cm³/mol. The molecule has 1 heterocycles. The lowest BCUT2D eigenvalue weighted by Gasteiger charge is -2.45. The maximum atomic E-state index is 7.39. The van der Waals surface area contributed by atoms with Crippen molar-refractivity contribution in [2.45, 2.75) is 44.2 Å². The summed E-state index contributed by atoms with van der Waals surface area (Å²) in [7, 11) is 1.85. The van der Waals surface area contributed by atoms with E-state index in [1.807, 2.05) is 25.2 Å². The molecule has 3 aromatic carbocycles. The number of nitrogens with zero attached hydrogens (tertiary/aromatic N) is 3. The second kappa shape index (κ2) is 8.25. The highest BCUT2D eigenvalue weighted by atomic mass is 16.7. The van der Waals surface area contributed by atoms with Crippen LogP contribution in [0.5, 0.6) is 0 Å². The van der Waals surface area contributed by atoms with E-state index in [1.54, 1.807) is 5.06 Å². The van der Waals surface area contributed by atoms with Crippen LogP contribution in [0.3, 0.4) is 0 Å². The minimum atomic E-state index is -0.785. The van der Waals surface area contributed by atoms with Crippen molar-refractivity contribution in [3.05, 3.63) is 101 Å². The SMILES string of the molecule is [C-]#[N+]c1cccc(-c2ccc3c(c2)C2(N=C(N)N(C)O2)C2(CCC(Cc4ccccc4)CC2)C3)c1. The zero-order valence-electron chi connectivity index (χ0n) is 20.1. The average Bonchev–Trinajstić information content (AvgIpc) is 3.33. The van der Waals surface area contributed by atoms with Crippen LogP contribution in [-0.4, -0.2) is 18.1 Å². The normalized spacial score (nSPS) is 27.1. The number of hydroxylamine groups is 2. The number of nitrogens with two attached hydrogens (primary N) is 1. The van der Waals surface area contributed by atoms with Gasteiger partial charge in [0, 0.05) is 18.0 Å². The van der Waals surface area contributed by atoms with E-state index in [9.17, 15) is 0 Å². The second-order valence-electron chi connectivity index (χ2n) is 10.3. The Morgan fingerprint density at radius 3 is 2.51 bits per heavy atom. The van der Waals surface area contributed by atoms with Gasteiger partial charge in [0.1, 0.15) is 0 Å². The molecule has 0 bridgehead atoms. The van der Waals surface area contributed by atoms with Crippen LogP contribution in [0.4, 0.5) is 5.69 Å². The summed E-state index contributed by atoms with van der Waals surface area (Å²) in [6.07, 6.45) is 6.52. The van der Waals surface area contributed by atoms with Crippen molar-refractivity contribution >= 4 is 11.6 Å². The minimum Gasteiger partial charge on any atom is -0.368 e. The quantitative estimate of drug-likeness (QED) is 0.470. The molecular weight excluding hydrogens is 432 g/mol. The van der Waals surface area contributed by atoms with Crippen LogP contribution in [0, 0.1) is 17.9 Å². The number of benzene rings is 3. The van der Waals surface area contributed by atoms with Gasteiger partial charge in [0.25, 0.3) is 0 Å². The van der Waals surface area contributed by atoms with E-state index >= 15 is 0 Å². The van der Waals surface area contributed by atoms with Gasteiger partial charge in [-0.3, -0.25) is 0 Å². The molecule has 1 fully saturated rings. The third-order valence-corrected chi connectivity index (χ3v) is 8.32. The predicted octanol–water partition coefficient (Wildman–Crippen LogP) is 6.22. The Labute approximate surface area is 207 Å². The molecule has 1 unspecified atom stereocenters. The summed E-state index contributed by atoms with van der Waals surface area (Å²) in [5.41, 5.74) is 12.0. The van der Waals surface area contributed by atoms with E-state index in [1.165, 1.54) is 11.1 Å². The van der Waals surface area contributed by atoms with Crippen LogP contribution in [0.25, 0.3) is 16.0 Å². The first-order valence-electron chi connectivity index (χ1n) is 12.5. The van der Waals surface area contributed by atoms with Crippen molar-refractivity contribution < 1.29 is 4.84 Å². The molecule has 2 aliphatic carbocycles. The fourth-order valence-corrected chi connectivity index (χ4v) is 6.47. The molecule has 0 radical (unpaired) electrons. The molecule has 0 aromatic heterocycles. The molecule has 5 heteroatoms. The molecule has 3 aromatic rings. The minimum absolute atomic E-state index is 0.102. The number of fused-ring (bicyclic) bond motifs is 3. The molecule has 1 aliphatic heterocycles. The monoisotopic (exact) mass is 462 g/mol. The van der Waals surface area contributed by atoms with Gasteiger partial charge in [-0.05, 0) is 78.8 Å². The zero-order valence-corrected chi connectivity index (χ0v) is 20.1. The fourth-order valence-electron chi connectivity index (χ4n) is 6.47. The molecule has 2 N–H and O–H groups in total. The highest BCUT2D eigenvalue weighted by Gasteiger charge is 2.63. The van der Waals surface area contributed by atoms with E-state index in [-0.39, 0.29) is 5.41 Å². The number of hydrogen-bond donors (Lipinski definition) is 1. The fraction of sp³-hybridized carbons (Fsp3) is 0.333. The Bertz CT molecular complexity index is 1330. The molecule has 35 heavy (non-hydrogen) atoms. The highest BCUT2D eigenvalue weighted by molar-refractivity contribution is 5.79. The van der Waals surface area contributed by atoms with Gasteiger partial charge < -0.3 is 5.73 Å². The van der Waals surface area contributed by atoms with Gasteiger partial charge in [-0.2, -0.15) is 0 Å². The van der Waals surface area contributed by atoms with Crippen molar-refractivity contribution in [2.24, 2.45) is 22.1 Å². The Morgan fingerprint density at radius 2 is 1.80 bits per heavy atom. The summed E-state index contributed by atoms with van der Waals surface area (Å²) in [5, 5.41) is 1.64. The number of rotatable bonds is 3. The van der Waals surface area contributed by atoms with Crippen LogP contribution in [0.2, 0.25) is 0 Å². The van der Waals surface area contributed by atoms with Crippen LogP contribution in [0.15, 0.2) is 77.8 Å². The number of aliphatic imine (C=N–C) groups is 1. The summed E-state index contributed by atoms with van der Waals surface area (Å²) >= 11 is 0. The Kier molecular flexibility index (Phi) is 5.16. The van der Waals surface area contributed by atoms with Crippen molar-refractivity contribution in [1.29, 1.82) is 0 Å². The first-order chi connectivity index (χ1) is 17.0. The lowest BCUT2D eigenvalue weighted by Crippen LogP contribution is -2.45. The maximum absolute atomic E-state index is 7.39. The summed E-state index contributed by atoms with van der Waals surface area (Å²) < 4.78 is 0. The lowest BCUT2D eigenvalue weighted by atomic mass is 9.64. The third kappa shape index (κ3) is 3.52. The van der Waals surface area contributed by atoms with E-state index in [0.29, 0.717) is 17.6 Å². The molecular formula is C30H30N4O. The van der Waals surface area contributed by atoms with Crippen LogP contribution < -0.4 is 5.73 Å². The topological polar surface area (TPSA) is 55.2 Å². The summed E-state index contributed by atoms with van der Waals surface area (Å²) in [6, 6.07) is 25.2. The first kappa shape index (κ1) is 21.9. The average molecular weight is 463 g/mol. The standard InChI is InChI=1S/C30H30N4O/c1-32-26-10-6-9-23(18-26)24-11-12-25-20-29(30(27(25)19-24)33-28(31)34(2)35-30)15-13-22(14-16-29)17-21-7-4-3-5-8-21/h3-12,18-19,22H,13-17,20H2,2H3,(H2,31,33). The smallest absolute Gasteiger partial charge is 0.220 e. The van der Waals surface area contributed by atoms with Gasteiger partial charge in [0.05, 0.1) is 6.57 Å². The molecule has 5 nitrogen and oxygen atoms in total. The van der Waals surface area contributed by atoms with E-state index in [2.05, 4.69) is 59.4 Å². The molecule has 2 spiro atoms. The summed E-state index contributed by atoms with van der Waals surface area (Å²) in [4.78, 5) is 15.2. The Morgan fingerprint density at radius 1 is 1.03 bits per heavy atom. The number of guanidine groups is 1. The molecule has 6 rings (SSSR count). The van der Waals surface area contributed by atoms with Gasteiger partial charge in [-0.15, -0.1) is 0 Å². The van der Waals surface area contributed by atoms with Crippen molar-refractivity contribution in [3.63, 3.8) is 0 Å². The van der Waals surface area contributed by atoms with Gasteiger partial charge in [0.2, 0.25) is 11.7 Å². The molecule has 0 amide bonds. The van der Waals surface area contributed by atoms with Gasteiger partial charge >= 0.3 is 0 Å². The zero-order chi connectivity index (χ0) is 24.0. The molecule has 3 aliphatic rings. The second-order valence-corrected chi connectivity index (χ2v) is 10.3. The number of hydrogen-bond acceptors (Lipinski definition) is 4. The summed E-state index contributed by atoms with van der Waals surface area (Å²) in [6.45, 7) is 7.39. The first-order valence-corrected chi connectivity index (χ1v) is 12.5. The van der Waals surface area contributed by atoms with Crippen LogP contribution in [0.1, 0.15) is 42.4 Å². The highest BCUT2D eigenvalue weighted by Crippen LogP contribution is 2.62. The van der Waals surface area contributed by atoms with Gasteiger partial charge in [0.15, 0.2) is 5.69 Å². The van der Waals surface area contributed by atoms with Gasteiger partial charge in [-0.25, -0.2) is 19.7 Å². The molecule has 176 valence electrons. The largest absolute Gasteiger partial charge is 0.368 e. The lowest BCUT2D eigenvalue weighted by molar-refractivity contribution is -0.230. The van der Waals surface area contributed by atoms with Crippen LogP contribution >= 0.6 is 0 Å². The molecule has 1 atom stereocenters. The van der Waals surface area contributed by atoms with Gasteiger partial charge in [-0.1, -0.05) is 60.7 Å². The summed E-state index contributed by atoms with van der Waals surface area (Å²) in [5.74, 6) is 1.11. The van der Waals surface area contributed by atoms with Crippen molar-refractivity contribution in [2.75, 3.05) is 7.05 Å². The Hall–Kier alpha value is -3.62. The molecule has 1 saturated carbocycles. The van der Waals surface area contributed by atoms with E-state index in [4.69, 9.17) is 22.1 Å². The van der Waals surface area contributed by atoms with E-state index in [0.717, 1.165) is 55.2 Å². The Balaban J connectivity index is 1.35. The van der Waals surface area contributed by atoms with Crippen molar-refractivity contribution in [1.82, 2.24) is 5.06 Å². The van der Waals surface area contributed by atoms with Crippen molar-refractivity contribution in [3.8, 4) is 11.1 Å². The molecule has 0 saturated heterocycles. The van der Waals surface area contributed by atoms with E-state index < -0.39 is 5.72 Å².